The summed E-state index contributed by atoms with van der Waals surface area (Å²) in [6, 6.07) is 15.3. The van der Waals surface area contributed by atoms with Crippen molar-refractivity contribution in [2.45, 2.75) is 13.0 Å². The van der Waals surface area contributed by atoms with Gasteiger partial charge in [0.25, 0.3) is 0 Å². The van der Waals surface area contributed by atoms with Crippen molar-refractivity contribution in [1.82, 2.24) is 9.88 Å². The van der Waals surface area contributed by atoms with E-state index >= 15 is 0 Å². The number of pyridine rings is 1. The Labute approximate surface area is 145 Å². The molecule has 24 heavy (non-hydrogen) atoms. The Balaban J connectivity index is 1.69. The summed E-state index contributed by atoms with van der Waals surface area (Å²) < 4.78 is 5.85. The topological polar surface area (TPSA) is 42.4 Å². The van der Waals surface area contributed by atoms with Crippen molar-refractivity contribution in [2.75, 3.05) is 7.05 Å². The largest absolute Gasteiger partial charge is 0.439 e. The van der Waals surface area contributed by atoms with Gasteiger partial charge in [-0.25, -0.2) is 4.98 Å². The minimum Gasteiger partial charge on any atom is -0.439 e. The molecular weight excluding hydrogens is 320 g/mol. The summed E-state index contributed by atoms with van der Waals surface area (Å²) in [5, 5.41) is 3.98. The zero-order valence-electron chi connectivity index (χ0n) is 13.4. The molecule has 4 nitrogen and oxygen atoms in total. The zero-order valence-corrected chi connectivity index (χ0v) is 14.2. The van der Waals surface area contributed by atoms with Gasteiger partial charge in [0.2, 0.25) is 11.8 Å². The van der Waals surface area contributed by atoms with Gasteiger partial charge in [-0.1, -0.05) is 24.3 Å². The Kier molecular flexibility index (Phi) is 5.23. The van der Waals surface area contributed by atoms with Gasteiger partial charge in [0.15, 0.2) is 0 Å². The van der Waals surface area contributed by atoms with E-state index in [1.165, 1.54) is 0 Å². The molecule has 122 valence electrons. The van der Waals surface area contributed by atoms with E-state index in [9.17, 15) is 4.79 Å². The van der Waals surface area contributed by atoms with E-state index in [-0.39, 0.29) is 5.91 Å². The van der Waals surface area contributed by atoms with Crippen molar-refractivity contribution in [3.8, 4) is 11.6 Å². The summed E-state index contributed by atoms with van der Waals surface area (Å²) in [5.74, 6) is 1.33. The first-order valence-electron chi connectivity index (χ1n) is 7.64. The fraction of sp³-hybridized carbons (Fsp3) is 0.158. The lowest BCUT2D eigenvalue weighted by Gasteiger charge is -2.18. The van der Waals surface area contributed by atoms with Gasteiger partial charge in [0.1, 0.15) is 5.75 Å². The number of hydrogen-bond donors (Lipinski definition) is 0. The van der Waals surface area contributed by atoms with Crippen molar-refractivity contribution in [2.24, 2.45) is 0 Å². The van der Waals surface area contributed by atoms with Gasteiger partial charge in [-0.3, -0.25) is 4.79 Å². The van der Waals surface area contributed by atoms with Gasteiger partial charge in [0, 0.05) is 18.8 Å². The SMILES string of the molecule is CN(Cc1cccnc1Oc1ccccc1)C(=O)Cc1ccsc1. The standard InChI is InChI=1S/C19H18N2O2S/c1-21(18(22)12-15-9-11-24-14-15)13-16-6-5-10-20-19(16)23-17-7-3-2-4-8-17/h2-11,14H,12-13H2,1H3. The summed E-state index contributed by atoms with van der Waals surface area (Å²) in [7, 11) is 1.80. The van der Waals surface area contributed by atoms with Crippen molar-refractivity contribution in [1.29, 1.82) is 0 Å². The van der Waals surface area contributed by atoms with Crippen LogP contribution in [0, 0.1) is 0 Å². The maximum atomic E-state index is 12.4. The Morgan fingerprint density at radius 3 is 2.75 bits per heavy atom. The van der Waals surface area contributed by atoms with Crippen LogP contribution in [0.3, 0.4) is 0 Å². The van der Waals surface area contributed by atoms with Crippen molar-refractivity contribution in [3.05, 3.63) is 76.6 Å². The molecule has 0 N–H and O–H groups in total. The molecule has 2 aromatic heterocycles. The highest BCUT2D eigenvalue weighted by Gasteiger charge is 2.14. The van der Waals surface area contributed by atoms with Gasteiger partial charge in [-0.05, 0) is 40.6 Å². The normalized spacial score (nSPS) is 10.4. The Morgan fingerprint density at radius 1 is 1.17 bits per heavy atom. The van der Waals surface area contributed by atoms with Gasteiger partial charge in [-0.15, -0.1) is 0 Å². The van der Waals surface area contributed by atoms with E-state index in [1.54, 1.807) is 29.5 Å². The van der Waals surface area contributed by atoms with Gasteiger partial charge >= 0.3 is 0 Å². The zero-order chi connectivity index (χ0) is 16.8. The third kappa shape index (κ3) is 4.20. The number of benzene rings is 1. The summed E-state index contributed by atoms with van der Waals surface area (Å²) >= 11 is 1.60. The summed E-state index contributed by atoms with van der Waals surface area (Å²) in [6.07, 6.45) is 2.10. The molecule has 0 spiro atoms. The van der Waals surface area contributed by atoms with Crippen LogP contribution in [0.4, 0.5) is 0 Å². The van der Waals surface area contributed by atoms with E-state index in [4.69, 9.17) is 4.74 Å². The minimum atomic E-state index is 0.0721. The first-order chi connectivity index (χ1) is 11.7. The molecule has 0 bridgehead atoms. The fourth-order valence-electron chi connectivity index (χ4n) is 2.28. The van der Waals surface area contributed by atoms with Crippen molar-refractivity contribution < 1.29 is 9.53 Å². The van der Waals surface area contributed by atoms with Crippen LogP contribution >= 0.6 is 11.3 Å². The predicted molar refractivity (Wildman–Crippen MR) is 95.3 cm³/mol. The average molecular weight is 338 g/mol. The fourth-order valence-corrected chi connectivity index (χ4v) is 2.95. The van der Waals surface area contributed by atoms with Crippen molar-refractivity contribution >= 4 is 17.2 Å². The molecule has 0 aliphatic heterocycles. The van der Waals surface area contributed by atoms with E-state index in [1.807, 2.05) is 59.3 Å². The number of aromatic nitrogens is 1. The molecule has 1 aromatic carbocycles. The Morgan fingerprint density at radius 2 is 2.00 bits per heavy atom. The third-order valence-corrected chi connectivity index (χ3v) is 4.31. The van der Waals surface area contributed by atoms with Crippen molar-refractivity contribution in [3.63, 3.8) is 0 Å². The second-order valence-corrected chi connectivity index (χ2v) is 6.22. The maximum absolute atomic E-state index is 12.4. The van der Waals surface area contributed by atoms with E-state index in [2.05, 4.69) is 4.98 Å². The van der Waals surface area contributed by atoms with E-state index in [0.717, 1.165) is 16.9 Å². The van der Waals surface area contributed by atoms with Crippen LogP contribution in [0.2, 0.25) is 0 Å². The first kappa shape index (κ1) is 16.2. The lowest BCUT2D eigenvalue weighted by molar-refractivity contribution is -0.129. The molecule has 0 unspecified atom stereocenters. The molecule has 3 aromatic rings. The number of thiophene rings is 1. The van der Waals surface area contributed by atoms with Crippen LogP contribution in [-0.4, -0.2) is 22.8 Å². The minimum absolute atomic E-state index is 0.0721. The van der Waals surface area contributed by atoms with Gasteiger partial charge in [0.05, 0.1) is 13.0 Å². The van der Waals surface area contributed by atoms with E-state index < -0.39 is 0 Å². The summed E-state index contributed by atoms with van der Waals surface area (Å²) in [4.78, 5) is 18.4. The van der Waals surface area contributed by atoms with Gasteiger partial charge < -0.3 is 9.64 Å². The van der Waals surface area contributed by atoms with Crippen LogP contribution in [0.15, 0.2) is 65.5 Å². The summed E-state index contributed by atoms with van der Waals surface area (Å²) in [6.45, 7) is 0.457. The molecule has 0 aliphatic rings. The number of para-hydroxylation sites is 1. The molecule has 0 fully saturated rings. The number of likely N-dealkylation sites (N-methyl/N-ethyl adjacent to an activating group) is 1. The lowest BCUT2D eigenvalue weighted by Crippen LogP contribution is -2.27. The molecule has 2 heterocycles. The summed E-state index contributed by atoms with van der Waals surface area (Å²) in [5.41, 5.74) is 1.92. The lowest BCUT2D eigenvalue weighted by atomic mass is 10.2. The molecule has 0 radical (unpaired) electrons. The number of amides is 1. The molecule has 3 rings (SSSR count). The van der Waals surface area contributed by atoms with Crippen LogP contribution in [0.25, 0.3) is 0 Å². The number of rotatable bonds is 6. The van der Waals surface area contributed by atoms with Gasteiger partial charge in [-0.2, -0.15) is 11.3 Å². The molecular formula is C19H18N2O2S. The smallest absolute Gasteiger partial charge is 0.227 e. The third-order valence-electron chi connectivity index (χ3n) is 3.58. The first-order valence-corrected chi connectivity index (χ1v) is 8.58. The quantitative estimate of drug-likeness (QED) is 0.678. The molecule has 1 amide bonds. The maximum Gasteiger partial charge on any atom is 0.227 e. The second kappa shape index (κ2) is 7.75. The number of carbonyl (C=O) groups excluding carboxylic acids is 1. The Hall–Kier alpha value is -2.66. The van der Waals surface area contributed by atoms with Crippen LogP contribution in [0.1, 0.15) is 11.1 Å². The van der Waals surface area contributed by atoms with Crippen LogP contribution in [0.5, 0.6) is 11.6 Å². The van der Waals surface area contributed by atoms with E-state index in [0.29, 0.717) is 18.8 Å². The second-order valence-electron chi connectivity index (χ2n) is 5.44. The highest BCUT2D eigenvalue weighted by atomic mass is 32.1. The molecule has 0 saturated heterocycles. The highest BCUT2D eigenvalue weighted by molar-refractivity contribution is 7.08. The number of carbonyl (C=O) groups is 1. The highest BCUT2D eigenvalue weighted by Crippen LogP contribution is 2.23. The molecule has 0 saturated carbocycles. The Bertz CT molecular complexity index is 788. The average Bonchev–Trinajstić information content (AvgIpc) is 3.10. The number of hydrogen-bond acceptors (Lipinski definition) is 4. The number of nitrogens with zero attached hydrogens (tertiary/aromatic N) is 2. The predicted octanol–water partition coefficient (Wildman–Crippen LogP) is 4.14. The van der Waals surface area contributed by atoms with Crippen LogP contribution < -0.4 is 4.74 Å². The molecule has 0 aliphatic carbocycles. The molecule has 5 heteroatoms. The number of ether oxygens (including phenoxy) is 1. The van der Waals surface area contributed by atoms with Crippen LogP contribution in [-0.2, 0) is 17.8 Å². The molecule has 0 atom stereocenters. The monoisotopic (exact) mass is 338 g/mol.